The minimum atomic E-state index is 0.333. The van der Waals surface area contributed by atoms with Crippen molar-refractivity contribution in [2.24, 2.45) is 5.41 Å². The van der Waals surface area contributed by atoms with E-state index in [1.54, 1.807) is 0 Å². The molecular weight excluding hydrogens is 236 g/mol. The van der Waals surface area contributed by atoms with E-state index in [0.717, 1.165) is 37.0 Å². The predicted molar refractivity (Wildman–Crippen MR) is 79.7 cm³/mol. The first-order valence-electron chi connectivity index (χ1n) is 7.19. The van der Waals surface area contributed by atoms with Crippen LogP contribution < -0.4 is 10.2 Å². The molecule has 1 N–H and O–H groups in total. The molecule has 0 saturated carbocycles. The van der Waals surface area contributed by atoms with E-state index in [1.165, 1.54) is 6.42 Å². The summed E-state index contributed by atoms with van der Waals surface area (Å²) in [6.45, 7) is 11.9. The number of rotatable bonds is 4. The van der Waals surface area contributed by atoms with Crippen molar-refractivity contribution < 1.29 is 0 Å². The molecule has 0 aliphatic carbocycles. The number of aromatic nitrogens is 2. The number of nitrogens with zero attached hydrogens (tertiary/aromatic N) is 3. The topological polar surface area (TPSA) is 41.0 Å². The summed E-state index contributed by atoms with van der Waals surface area (Å²) in [7, 11) is 2.02. The van der Waals surface area contributed by atoms with E-state index in [4.69, 9.17) is 4.98 Å². The van der Waals surface area contributed by atoms with Crippen molar-refractivity contribution >= 4 is 5.95 Å². The van der Waals surface area contributed by atoms with E-state index >= 15 is 0 Å². The fourth-order valence-corrected chi connectivity index (χ4v) is 2.78. The van der Waals surface area contributed by atoms with E-state index in [1.807, 2.05) is 7.05 Å². The number of nitrogens with one attached hydrogen (secondary N) is 1. The number of hydrogen-bond acceptors (Lipinski definition) is 4. The van der Waals surface area contributed by atoms with Crippen LogP contribution in [-0.2, 0) is 0 Å². The lowest BCUT2D eigenvalue weighted by Crippen LogP contribution is -2.33. The van der Waals surface area contributed by atoms with Gasteiger partial charge in [0, 0.05) is 31.0 Å². The van der Waals surface area contributed by atoms with Crippen LogP contribution in [0, 0.1) is 12.3 Å². The van der Waals surface area contributed by atoms with E-state index in [9.17, 15) is 0 Å². The summed E-state index contributed by atoms with van der Waals surface area (Å²) >= 11 is 0. The molecule has 4 nitrogen and oxygen atoms in total. The molecule has 2 rings (SSSR count). The van der Waals surface area contributed by atoms with Crippen molar-refractivity contribution in [3.63, 3.8) is 0 Å². The van der Waals surface area contributed by atoms with Crippen molar-refractivity contribution in [2.45, 2.75) is 40.0 Å². The van der Waals surface area contributed by atoms with Gasteiger partial charge in [-0.2, -0.15) is 0 Å². The van der Waals surface area contributed by atoms with E-state index in [0.29, 0.717) is 11.3 Å². The Bertz CT molecular complexity index is 444. The average Bonchev–Trinajstić information content (AvgIpc) is 2.71. The van der Waals surface area contributed by atoms with Crippen LogP contribution in [0.4, 0.5) is 5.95 Å². The maximum absolute atomic E-state index is 4.74. The highest BCUT2D eigenvalue weighted by atomic mass is 15.3. The SMILES string of the molecule is CNCC1(C)CCN(c2nc(C)cc(C(C)C)n2)C1. The average molecular weight is 262 g/mol. The van der Waals surface area contributed by atoms with Crippen LogP contribution in [0.2, 0.25) is 0 Å². The van der Waals surface area contributed by atoms with Crippen LogP contribution >= 0.6 is 0 Å². The lowest BCUT2D eigenvalue weighted by molar-refractivity contribution is 0.355. The van der Waals surface area contributed by atoms with Crippen LogP contribution in [0.15, 0.2) is 6.07 Å². The van der Waals surface area contributed by atoms with Gasteiger partial charge in [-0.3, -0.25) is 0 Å². The van der Waals surface area contributed by atoms with Crippen LogP contribution in [0.5, 0.6) is 0 Å². The lowest BCUT2D eigenvalue weighted by atomic mass is 9.90. The summed E-state index contributed by atoms with van der Waals surface area (Å²) in [6, 6.07) is 2.09. The van der Waals surface area contributed by atoms with Crippen molar-refractivity contribution in [3.8, 4) is 0 Å². The molecule has 1 fully saturated rings. The minimum absolute atomic E-state index is 0.333. The Kier molecular flexibility index (Phi) is 4.09. The second-order valence-electron chi connectivity index (χ2n) is 6.40. The van der Waals surface area contributed by atoms with Crippen LogP contribution in [0.1, 0.15) is 44.5 Å². The summed E-state index contributed by atoms with van der Waals surface area (Å²) in [5.41, 5.74) is 2.54. The van der Waals surface area contributed by atoms with Gasteiger partial charge in [-0.05, 0) is 37.8 Å². The summed E-state index contributed by atoms with van der Waals surface area (Å²) in [5, 5.41) is 3.30. The van der Waals surface area contributed by atoms with Gasteiger partial charge in [-0.25, -0.2) is 9.97 Å². The van der Waals surface area contributed by atoms with Gasteiger partial charge in [-0.1, -0.05) is 20.8 Å². The molecule has 0 spiro atoms. The molecule has 0 aromatic carbocycles. The van der Waals surface area contributed by atoms with E-state index in [2.05, 4.69) is 49.0 Å². The second kappa shape index (κ2) is 5.45. The van der Waals surface area contributed by atoms with E-state index < -0.39 is 0 Å². The van der Waals surface area contributed by atoms with Crippen molar-refractivity contribution in [1.82, 2.24) is 15.3 Å². The highest BCUT2D eigenvalue weighted by molar-refractivity contribution is 5.35. The van der Waals surface area contributed by atoms with Crippen LogP contribution in [0.3, 0.4) is 0 Å². The zero-order valence-corrected chi connectivity index (χ0v) is 12.8. The standard InChI is InChI=1S/C15H26N4/c1-11(2)13-8-12(3)17-14(18-13)19-7-6-15(4,10-19)9-16-5/h8,11,16H,6-7,9-10H2,1-5H3. The molecule has 1 aromatic rings. The van der Waals surface area contributed by atoms with Gasteiger partial charge < -0.3 is 10.2 Å². The molecule has 0 radical (unpaired) electrons. The van der Waals surface area contributed by atoms with Crippen molar-refractivity contribution in [1.29, 1.82) is 0 Å². The quantitative estimate of drug-likeness (QED) is 0.904. The Morgan fingerprint density at radius 3 is 2.79 bits per heavy atom. The number of hydrogen-bond donors (Lipinski definition) is 1. The fourth-order valence-electron chi connectivity index (χ4n) is 2.78. The third kappa shape index (κ3) is 3.24. The first-order chi connectivity index (χ1) is 8.93. The minimum Gasteiger partial charge on any atom is -0.340 e. The third-order valence-electron chi connectivity index (χ3n) is 3.90. The van der Waals surface area contributed by atoms with Crippen LogP contribution in [-0.4, -0.2) is 36.6 Å². The molecule has 0 amide bonds. The maximum Gasteiger partial charge on any atom is 0.225 e. The van der Waals surface area contributed by atoms with Gasteiger partial charge in [0.1, 0.15) is 0 Å². The lowest BCUT2D eigenvalue weighted by Gasteiger charge is -2.24. The van der Waals surface area contributed by atoms with Crippen molar-refractivity contribution in [2.75, 3.05) is 31.6 Å². The van der Waals surface area contributed by atoms with Gasteiger partial charge in [0.25, 0.3) is 0 Å². The fraction of sp³-hybridized carbons (Fsp3) is 0.733. The zero-order valence-electron chi connectivity index (χ0n) is 12.8. The summed E-state index contributed by atoms with van der Waals surface area (Å²) in [4.78, 5) is 11.7. The third-order valence-corrected chi connectivity index (χ3v) is 3.90. The molecule has 1 aliphatic rings. The molecule has 2 heterocycles. The summed E-state index contributed by atoms with van der Waals surface area (Å²) in [6.07, 6.45) is 1.20. The monoisotopic (exact) mass is 262 g/mol. The predicted octanol–water partition coefficient (Wildman–Crippen LogP) is 2.34. The molecule has 1 aromatic heterocycles. The molecule has 4 heteroatoms. The summed E-state index contributed by atoms with van der Waals surface area (Å²) in [5.74, 6) is 1.36. The van der Waals surface area contributed by atoms with Gasteiger partial charge in [-0.15, -0.1) is 0 Å². The van der Waals surface area contributed by atoms with Gasteiger partial charge in [0.2, 0.25) is 5.95 Å². The van der Waals surface area contributed by atoms with Gasteiger partial charge in [0.15, 0.2) is 0 Å². The molecule has 19 heavy (non-hydrogen) atoms. The van der Waals surface area contributed by atoms with Gasteiger partial charge in [0.05, 0.1) is 0 Å². The number of aryl methyl sites for hydroxylation is 1. The highest BCUT2D eigenvalue weighted by Crippen LogP contribution is 2.31. The van der Waals surface area contributed by atoms with Gasteiger partial charge >= 0.3 is 0 Å². The molecule has 1 unspecified atom stereocenters. The zero-order chi connectivity index (χ0) is 14.0. The molecular formula is C15H26N4. The summed E-state index contributed by atoms with van der Waals surface area (Å²) < 4.78 is 0. The van der Waals surface area contributed by atoms with E-state index in [-0.39, 0.29) is 0 Å². The maximum atomic E-state index is 4.74. The van der Waals surface area contributed by atoms with Crippen molar-refractivity contribution in [3.05, 3.63) is 17.5 Å². The Labute approximate surface area is 116 Å². The first kappa shape index (κ1) is 14.3. The normalized spacial score (nSPS) is 23.4. The largest absolute Gasteiger partial charge is 0.340 e. The highest BCUT2D eigenvalue weighted by Gasteiger charge is 2.34. The molecule has 1 aliphatic heterocycles. The number of anilines is 1. The Morgan fingerprint density at radius 2 is 2.16 bits per heavy atom. The Hall–Kier alpha value is -1.16. The molecule has 0 bridgehead atoms. The first-order valence-corrected chi connectivity index (χ1v) is 7.19. The smallest absolute Gasteiger partial charge is 0.225 e. The second-order valence-corrected chi connectivity index (χ2v) is 6.40. The Balaban J connectivity index is 2.19. The molecule has 1 saturated heterocycles. The van der Waals surface area contributed by atoms with Crippen LogP contribution in [0.25, 0.3) is 0 Å². The Morgan fingerprint density at radius 1 is 1.42 bits per heavy atom. The molecule has 106 valence electrons. The molecule has 1 atom stereocenters.